The van der Waals surface area contributed by atoms with Gasteiger partial charge >= 0.3 is 11.9 Å². The number of primary amides is 1. The van der Waals surface area contributed by atoms with Gasteiger partial charge in [-0.3, -0.25) is 57.5 Å². The molecule has 13 atom stereocenters. The number of phenolic OH excluding ortho intramolecular Hbond substituents is 1. The lowest BCUT2D eigenvalue weighted by molar-refractivity contribution is -0.145. The number of aliphatic hydroxyl groups is 1. The van der Waals surface area contributed by atoms with Gasteiger partial charge in [0.15, 0.2) is 5.78 Å². The Morgan fingerprint density at radius 3 is 1.98 bits per heavy atom. The van der Waals surface area contributed by atoms with E-state index in [4.69, 9.17) is 15.3 Å². The number of aliphatic hydroxyl groups excluding tert-OH is 1. The van der Waals surface area contributed by atoms with Crippen molar-refractivity contribution in [3.63, 3.8) is 0 Å². The molecule has 2 fully saturated rings. The van der Waals surface area contributed by atoms with Crippen molar-refractivity contribution in [1.82, 2.24) is 47.4 Å². The smallest absolute Gasteiger partial charge is 0.305 e. The lowest BCUT2D eigenvalue weighted by Gasteiger charge is -2.33. The summed E-state index contributed by atoms with van der Waals surface area (Å²) in [5.74, 6) is -11.6. The van der Waals surface area contributed by atoms with E-state index in [2.05, 4.69) is 47.7 Å². The van der Waals surface area contributed by atoms with E-state index in [-0.39, 0.29) is 73.5 Å². The Balaban J connectivity index is 1.40. The molecule has 96 heavy (non-hydrogen) atoms. The van der Waals surface area contributed by atoms with Crippen molar-refractivity contribution in [1.29, 1.82) is 0 Å². The van der Waals surface area contributed by atoms with Crippen LogP contribution in [0, 0.1) is 17.8 Å². The third-order valence-corrected chi connectivity index (χ3v) is 19.3. The molecule has 2 aromatic carbocycles. The van der Waals surface area contributed by atoms with Crippen LogP contribution in [0.1, 0.15) is 135 Å². The maximum atomic E-state index is 15.1. The number of carbonyl (C=O) groups is 12. The molecular weight excluding hydrogens is 1290 g/mol. The zero-order valence-corrected chi connectivity index (χ0v) is 56.5. The van der Waals surface area contributed by atoms with Crippen molar-refractivity contribution in [2.24, 2.45) is 28.6 Å². The molecule has 528 valence electrons. The Labute approximate surface area is 566 Å². The monoisotopic (exact) mass is 1380 g/mol. The number of phenols is 1. The van der Waals surface area contributed by atoms with Gasteiger partial charge in [0.2, 0.25) is 47.3 Å². The van der Waals surface area contributed by atoms with Crippen LogP contribution in [-0.4, -0.2) is 200 Å². The largest absolute Gasteiger partial charge is 0.508 e. The van der Waals surface area contributed by atoms with Gasteiger partial charge in [0.05, 0.1) is 31.2 Å². The molecule has 31 heteroatoms. The fraction of sp³-hybridized carbons (Fsp3) is 0.615. The number of benzene rings is 2. The highest BCUT2D eigenvalue weighted by molar-refractivity contribution is 7.98. The van der Waals surface area contributed by atoms with Crippen LogP contribution in [0.2, 0.25) is 0 Å². The van der Waals surface area contributed by atoms with Gasteiger partial charge in [0, 0.05) is 54.4 Å². The number of Topliss-reactive ketones (excluding diaryl/α,β-unsaturated/α-hetero) is 1. The number of ether oxygens (including phenoxy) is 1. The van der Waals surface area contributed by atoms with E-state index in [0.29, 0.717) is 55.8 Å². The number of hydrogen-bond acceptors (Lipinski definition) is 20. The molecule has 9 amide bonds. The van der Waals surface area contributed by atoms with Crippen molar-refractivity contribution >= 4 is 101 Å². The number of thioether (sulfide) groups is 2. The maximum absolute atomic E-state index is 15.1. The second kappa shape index (κ2) is 38.1. The van der Waals surface area contributed by atoms with Crippen LogP contribution in [0.4, 0.5) is 0 Å². The lowest BCUT2D eigenvalue weighted by Crippen LogP contribution is -2.62. The minimum Gasteiger partial charge on any atom is -0.508 e. The molecule has 0 spiro atoms. The Hall–Kier alpha value is -8.03. The first-order valence-electron chi connectivity index (χ1n) is 32.7. The Morgan fingerprint density at radius 2 is 1.32 bits per heavy atom. The number of oxime groups is 1. The van der Waals surface area contributed by atoms with E-state index in [1.54, 1.807) is 0 Å². The molecule has 3 heterocycles. The molecule has 1 saturated heterocycles. The van der Waals surface area contributed by atoms with Gasteiger partial charge in [-0.05, 0) is 138 Å². The number of aliphatic carboxylic acids is 2. The number of nitrogens with zero attached hydrogens (tertiary/aromatic N) is 2. The van der Waals surface area contributed by atoms with Gasteiger partial charge in [0.1, 0.15) is 66.6 Å². The third-order valence-electron chi connectivity index (χ3n) is 17.1. The number of nitrogens with one attached hydrogen (secondary N) is 8. The van der Waals surface area contributed by atoms with E-state index in [1.165, 1.54) is 61.6 Å². The van der Waals surface area contributed by atoms with Crippen LogP contribution in [0.25, 0.3) is 0 Å². The van der Waals surface area contributed by atoms with Gasteiger partial charge in [-0.25, -0.2) is 0 Å². The molecule has 4 bridgehead atoms. The molecule has 6 rings (SSSR count). The van der Waals surface area contributed by atoms with Crippen molar-refractivity contribution < 1.29 is 87.5 Å². The Bertz CT molecular complexity index is 3100. The van der Waals surface area contributed by atoms with Crippen molar-refractivity contribution in [2.75, 3.05) is 31.3 Å². The van der Waals surface area contributed by atoms with Crippen LogP contribution in [0.5, 0.6) is 11.5 Å². The quantitative estimate of drug-likeness (QED) is 0.150. The third kappa shape index (κ3) is 24.3. The van der Waals surface area contributed by atoms with Gasteiger partial charge in [-0.15, -0.1) is 0 Å². The Morgan fingerprint density at radius 1 is 0.688 bits per heavy atom. The molecule has 3 aliphatic heterocycles. The summed E-state index contributed by atoms with van der Waals surface area (Å²) in [5, 5.41) is 66.3. The van der Waals surface area contributed by atoms with Crippen LogP contribution in [-0.2, 0) is 80.3 Å². The maximum Gasteiger partial charge on any atom is 0.305 e. The SMILES string of the molecule is CC(C)C[C@@H]1NC(C)[C@@H]2CCCC2C(=O)[C@@H]2CSCc3cc(cc(c3)OCCCCCCO/N=C/C(=O)N[C@@H](C)C(=O)N2)CSC[C@@H](C(N)=O)NC(=O)[C@H](CCC(=O)O)NC(=O)[C@H](Cc2ccc(O)cc2)NC(=O)[C@@H]2CCCN2C(=O)[C@H]([C@@H](C)O)NC(=O)[C@H](CC(=O)O)NC1=O. The first-order valence-corrected chi connectivity index (χ1v) is 35.0. The van der Waals surface area contributed by atoms with Crippen molar-refractivity contribution in [3.05, 3.63) is 59.2 Å². The van der Waals surface area contributed by atoms with Crippen LogP contribution < -0.4 is 53.0 Å². The number of hydrogen-bond donors (Lipinski definition) is 13. The number of carboxylic acid groups (broad SMARTS) is 2. The van der Waals surface area contributed by atoms with Crippen molar-refractivity contribution in [3.8, 4) is 11.5 Å². The normalized spacial score (nSPS) is 28.2. The summed E-state index contributed by atoms with van der Waals surface area (Å²) in [4.78, 5) is 173. The fourth-order valence-corrected chi connectivity index (χ4v) is 14.1. The average molecular weight is 1380 g/mol. The zero-order chi connectivity index (χ0) is 70.2. The molecule has 14 N–H and O–H groups in total. The topological polar surface area (TPSA) is 442 Å². The average Bonchev–Trinajstić information content (AvgIpc) is 1.61. The minimum absolute atomic E-state index is 0.0157. The van der Waals surface area contributed by atoms with E-state index >= 15 is 4.79 Å². The molecule has 1 saturated carbocycles. The second-order valence-corrected chi connectivity index (χ2v) is 27.4. The summed E-state index contributed by atoms with van der Waals surface area (Å²) in [6.07, 6.45) is 1.69. The number of rotatable bonds is 11. The highest BCUT2D eigenvalue weighted by Gasteiger charge is 2.44. The predicted octanol–water partition coefficient (Wildman–Crippen LogP) is 1.06. The minimum atomic E-state index is -1.82. The second-order valence-electron chi connectivity index (χ2n) is 25.3. The molecular formula is C65H93N11O18S2. The van der Waals surface area contributed by atoms with Crippen LogP contribution in [0.3, 0.4) is 0 Å². The summed E-state index contributed by atoms with van der Waals surface area (Å²) in [5.41, 5.74) is 7.78. The molecule has 2 aromatic rings. The number of ketones is 1. The fourth-order valence-electron chi connectivity index (χ4n) is 12.1. The molecule has 29 nitrogen and oxygen atoms in total. The zero-order valence-electron chi connectivity index (χ0n) is 54.8. The Kier molecular flexibility index (Phi) is 30.5. The number of carboxylic acids is 2. The van der Waals surface area contributed by atoms with Gasteiger partial charge in [-0.1, -0.05) is 43.6 Å². The summed E-state index contributed by atoms with van der Waals surface area (Å²) >= 11 is 2.57. The van der Waals surface area contributed by atoms with E-state index in [1.807, 2.05) is 39.0 Å². The van der Waals surface area contributed by atoms with E-state index < -0.39 is 163 Å². The number of fused-ring (bicyclic) bond motifs is 7. The van der Waals surface area contributed by atoms with Crippen molar-refractivity contribution in [2.45, 2.75) is 203 Å². The molecule has 0 radical (unpaired) electrons. The van der Waals surface area contributed by atoms with Crippen LogP contribution in [0.15, 0.2) is 47.6 Å². The molecule has 4 aliphatic rings. The van der Waals surface area contributed by atoms with Gasteiger partial charge < -0.3 is 83.2 Å². The number of nitrogens with two attached hydrogens (primary N) is 1. The number of aromatic hydroxyl groups is 1. The summed E-state index contributed by atoms with van der Waals surface area (Å²) < 4.78 is 6.29. The van der Waals surface area contributed by atoms with E-state index in [0.717, 1.165) is 35.1 Å². The number of amides is 9. The lowest BCUT2D eigenvalue weighted by atomic mass is 9.83. The standard InChI is InChI=1S/C65H93N11O18S2/c1-35(2)24-47-61(88)71-49(29-55(82)83)63(90)75-56(38(5)77)65(92)76-21-11-14-52(76)64(91)72-48(28-39-15-17-42(78)18-16-39)62(89)70-46(19-20-54(80)81)60(87)74-51(58(66)85)34-96-32-41-25-40-26-43(27-41)93-22-8-6-7-9-23-94-67-30-53(79)69-37(4)59(86)73-50(33-95-31-40)57(84)45-13-10-12-44(45)36(3)68-47/h15-18,25-27,30,35-38,44-52,56,68,77-78H,6-14,19-24,28-29,31-34H2,1-5H3,(H2,66,85)(H,69,79)(H,70,89)(H,71,88)(H,72,91)(H,73,86)(H,74,87)(H,75,90)(H,80,81)(H,82,83)/b67-30+/t36?,37-,38+,44-,45?,46-,47-,48-,49-,50-,51-,52-,56-/m0/s1. The van der Waals surface area contributed by atoms with Crippen LogP contribution >= 0.6 is 23.5 Å². The van der Waals surface area contributed by atoms with Gasteiger partial charge in [0.25, 0.3) is 5.91 Å². The highest BCUT2D eigenvalue weighted by atomic mass is 32.2. The summed E-state index contributed by atoms with van der Waals surface area (Å²) in [6.45, 7) is 8.63. The summed E-state index contributed by atoms with van der Waals surface area (Å²) in [7, 11) is 0. The molecule has 0 aromatic heterocycles. The first-order chi connectivity index (χ1) is 45.7. The van der Waals surface area contributed by atoms with E-state index in [9.17, 15) is 73.2 Å². The molecule has 2 unspecified atom stereocenters. The highest BCUT2D eigenvalue weighted by Crippen LogP contribution is 2.37. The van der Waals surface area contributed by atoms with Gasteiger partial charge in [-0.2, -0.15) is 23.5 Å². The predicted molar refractivity (Wildman–Crippen MR) is 355 cm³/mol. The summed E-state index contributed by atoms with van der Waals surface area (Å²) in [6, 6.07) is -2.22. The molecule has 1 aliphatic carbocycles. The number of carbonyl (C=O) groups excluding carboxylic acids is 10. The first kappa shape index (κ1) is 77.0.